The zero-order valence-electron chi connectivity index (χ0n) is 22.1. The van der Waals surface area contributed by atoms with E-state index in [4.69, 9.17) is 0 Å². The molecular formula is C28H28F3N7O3. The van der Waals surface area contributed by atoms with Gasteiger partial charge in [0, 0.05) is 68.7 Å². The number of aryl methyl sites for hydroxylation is 1. The van der Waals surface area contributed by atoms with Gasteiger partial charge in [-0.15, -0.1) is 0 Å². The first-order chi connectivity index (χ1) is 19.5. The van der Waals surface area contributed by atoms with E-state index in [1.807, 2.05) is 25.4 Å². The van der Waals surface area contributed by atoms with Crippen molar-refractivity contribution in [2.24, 2.45) is 7.05 Å². The number of hydrogen-bond acceptors (Lipinski definition) is 6. The predicted octanol–water partition coefficient (Wildman–Crippen LogP) is 4.75. The zero-order chi connectivity index (χ0) is 29.2. The third-order valence-electron chi connectivity index (χ3n) is 7.00. The number of aliphatic hydroxyl groups is 1. The minimum absolute atomic E-state index is 0.224. The molecule has 2 aromatic heterocycles. The number of nitrogens with one attached hydrogen (secondary N) is 3. The van der Waals surface area contributed by atoms with Gasteiger partial charge >= 0.3 is 12.2 Å². The number of alkyl halides is 3. The van der Waals surface area contributed by atoms with Gasteiger partial charge in [0.15, 0.2) is 5.60 Å². The Bertz CT molecular complexity index is 1580. The maximum atomic E-state index is 13.1. The third-order valence-corrected chi connectivity index (χ3v) is 7.00. The summed E-state index contributed by atoms with van der Waals surface area (Å²) in [6.07, 6.45) is -2.54. The van der Waals surface area contributed by atoms with Crippen LogP contribution in [-0.4, -0.2) is 61.6 Å². The maximum Gasteiger partial charge on any atom is 0.417 e. The number of benzene rings is 2. The van der Waals surface area contributed by atoms with Crippen LogP contribution in [0.1, 0.15) is 28.8 Å². The van der Waals surface area contributed by atoms with Gasteiger partial charge in [0.05, 0.1) is 11.1 Å². The van der Waals surface area contributed by atoms with Crippen LogP contribution < -0.4 is 16.0 Å². The van der Waals surface area contributed by atoms with Crippen LogP contribution >= 0.6 is 0 Å². The number of piperidine rings is 1. The molecule has 0 spiro atoms. The van der Waals surface area contributed by atoms with Gasteiger partial charge in [-0.3, -0.25) is 14.8 Å². The third kappa shape index (κ3) is 6.24. The Morgan fingerprint density at radius 1 is 1.05 bits per heavy atom. The number of urea groups is 1. The highest BCUT2D eigenvalue weighted by Gasteiger charge is 2.54. The first kappa shape index (κ1) is 27.9. The van der Waals surface area contributed by atoms with Gasteiger partial charge in [-0.05, 0) is 48.0 Å². The number of para-hydroxylation sites is 1. The molecule has 2 aromatic carbocycles. The van der Waals surface area contributed by atoms with Gasteiger partial charge in [-0.1, -0.05) is 12.1 Å². The molecule has 1 aliphatic rings. The van der Waals surface area contributed by atoms with Crippen molar-refractivity contribution < 1.29 is 27.9 Å². The smallest absolute Gasteiger partial charge is 0.380 e. The first-order valence-corrected chi connectivity index (χ1v) is 12.9. The van der Waals surface area contributed by atoms with E-state index in [1.165, 1.54) is 11.1 Å². The molecule has 0 unspecified atom stereocenters. The molecule has 10 nitrogen and oxygen atoms in total. The number of nitrogens with zero attached hydrogens (tertiary/aromatic N) is 4. The summed E-state index contributed by atoms with van der Waals surface area (Å²) in [6, 6.07) is 15.3. The molecule has 0 aliphatic carbocycles. The lowest BCUT2D eigenvalue weighted by atomic mass is 9.91. The number of carbonyl (C=O) groups is 2. The normalized spacial score (nSPS) is 15.0. The summed E-state index contributed by atoms with van der Waals surface area (Å²) in [4.78, 5) is 31.0. The Morgan fingerprint density at radius 2 is 1.80 bits per heavy atom. The Kier molecular flexibility index (Phi) is 7.54. The number of likely N-dealkylation sites (tertiary alicyclic amines) is 1. The summed E-state index contributed by atoms with van der Waals surface area (Å²) in [5, 5.41) is 23.9. The second kappa shape index (κ2) is 11.1. The van der Waals surface area contributed by atoms with Gasteiger partial charge in [-0.25, -0.2) is 9.78 Å². The minimum atomic E-state index is -4.74. The van der Waals surface area contributed by atoms with Crippen molar-refractivity contribution in [3.63, 3.8) is 0 Å². The molecule has 0 saturated carbocycles. The largest absolute Gasteiger partial charge is 0.417 e. The molecule has 41 heavy (non-hydrogen) atoms. The van der Waals surface area contributed by atoms with Crippen molar-refractivity contribution in [1.29, 1.82) is 0 Å². The molecule has 4 N–H and O–H groups in total. The molecule has 4 aromatic rings. The number of anilines is 3. The van der Waals surface area contributed by atoms with Crippen molar-refractivity contribution in [3.05, 3.63) is 78.1 Å². The van der Waals surface area contributed by atoms with E-state index in [2.05, 4.69) is 26.0 Å². The highest BCUT2D eigenvalue weighted by atomic mass is 19.4. The molecule has 214 valence electrons. The van der Waals surface area contributed by atoms with Crippen LogP contribution in [0.5, 0.6) is 0 Å². The van der Waals surface area contributed by atoms with Crippen LogP contribution in [0.3, 0.4) is 0 Å². The lowest BCUT2D eigenvalue weighted by Gasteiger charge is -2.38. The second-order valence-corrected chi connectivity index (χ2v) is 9.93. The molecule has 1 saturated heterocycles. The highest BCUT2D eigenvalue weighted by Crippen LogP contribution is 2.38. The number of halogens is 3. The Labute approximate surface area is 233 Å². The average molecular weight is 568 g/mol. The van der Waals surface area contributed by atoms with E-state index >= 15 is 0 Å². The number of hydrogen-bond donors (Lipinski definition) is 4. The SMILES string of the molecule is Cn1cc2ccc(NC(=O)c3ccccc3NCc3ccnc(NC(=O)N4CCC(O)(C(F)(F)F)CC4)c3)cc2n1. The molecule has 1 aliphatic heterocycles. The molecule has 0 atom stereocenters. The Morgan fingerprint density at radius 3 is 2.56 bits per heavy atom. The summed E-state index contributed by atoms with van der Waals surface area (Å²) < 4.78 is 40.9. The van der Waals surface area contributed by atoms with Crippen LogP contribution in [0.25, 0.3) is 10.9 Å². The fourth-order valence-corrected chi connectivity index (χ4v) is 4.65. The summed E-state index contributed by atoms with van der Waals surface area (Å²) in [7, 11) is 1.83. The van der Waals surface area contributed by atoms with Gasteiger partial charge in [0.2, 0.25) is 0 Å². The Hall–Kier alpha value is -4.65. The minimum Gasteiger partial charge on any atom is -0.380 e. The van der Waals surface area contributed by atoms with Crippen molar-refractivity contribution in [3.8, 4) is 0 Å². The van der Waals surface area contributed by atoms with E-state index in [1.54, 1.807) is 47.1 Å². The summed E-state index contributed by atoms with van der Waals surface area (Å²) in [5.41, 5.74) is 0.365. The fraction of sp³-hybridized carbons (Fsp3) is 0.286. The van der Waals surface area contributed by atoms with Crippen molar-refractivity contribution in [2.75, 3.05) is 29.0 Å². The van der Waals surface area contributed by atoms with Crippen molar-refractivity contribution in [2.45, 2.75) is 31.2 Å². The number of carbonyl (C=O) groups excluding carboxylic acids is 2. The van der Waals surface area contributed by atoms with Crippen molar-refractivity contribution in [1.82, 2.24) is 19.7 Å². The van der Waals surface area contributed by atoms with Gasteiger partial charge in [0.1, 0.15) is 5.82 Å². The van der Waals surface area contributed by atoms with Crippen LogP contribution in [0.2, 0.25) is 0 Å². The quantitative estimate of drug-likeness (QED) is 0.267. The molecular weight excluding hydrogens is 539 g/mol. The van der Waals surface area contributed by atoms with Gasteiger partial charge in [0.25, 0.3) is 5.91 Å². The van der Waals surface area contributed by atoms with E-state index in [0.717, 1.165) is 16.5 Å². The van der Waals surface area contributed by atoms with Gasteiger partial charge in [-0.2, -0.15) is 18.3 Å². The average Bonchev–Trinajstić information content (AvgIpc) is 3.31. The van der Waals surface area contributed by atoms with Crippen LogP contribution in [-0.2, 0) is 13.6 Å². The first-order valence-electron chi connectivity index (χ1n) is 12.9. The fourth-order valence-electron chi connectivity index (χ4n) is 4.65. The van der Waals surface area contributed by atoms with Crippen LogP contribution in [0.15, 0.2) is 67.0 Å². The van der Waals surface area contributed by atoms with Crippen LogP contribution in [0.4, 0.5) is 35.2 Å². The van der Waals surface area contributed by atoms with E-state index in [9.17, 15) is 27.9 Å². The number of aromatic nitrogens is 3. The van der Waals surface area contributed by atoms with Crippen LogP contribution in [0, 0.1) is 0 Å². The van der Waals surface area contributed by atoms with E-state index in [-0.39, 0.29) is 24.8 Å². The molecule has 13 heteroatoms. The van der Waals surface area contributed by atoms with Gasteiger partial charge < -0.3 is 20.6 Å². The van der Waals surface area contributed by atoms with Crippen molar-refractivity contribution >= 4 is 40.0 Å². The lowest BCUT2D eigenvalue weighted by molar-refractivity contribution is -0.271. The summed E-state index contributed by atoms with van der Waals surface area (Å²) >= 11 is 0. The molecule has 3 heterocycles. The van der Waals surface area contributed by atoms with E-state index in [0.29, 0.717) is 23.5 Å². The lowest BCUT2D eigenvalue weighted by Crippen LogP contribution is -2.55. The summed E-state index contributed by atoms with van der Waals surface area (Å²) in [5.74, 6) is -0.0769. The number of rotatable bonds is 6. The standard InChI is InChI=1S/C28H28F3N7O3/c1-37-17-19-6-7-20(15-23(19)36-37)34-25(39)21-4-2-3-5-22(21)33-16-18-8-11-32-24(14-18)35-26(40)38-12-9-27(41,10-13-38)28(29,30)31/h2-8,11,14-15,17,33,41H,9-10,12-13,16H2,1H3,(H,34,39)(H,32,35,40). The second-order valence-electron chi connectivity index (χ2n) is 9.93. The maximum absolute atomic E-state index is 13.1. The molecule has 0 bridgehead atoms. The zero-order valence-corrected chi connectivity index (χ0v) is 22.1. The highest BCUT2D eigenvalue weighted by molar-refractivity contribution is 6.08. The molecule has 1 fully saturated rings. The molecule has 0 radical (unpaired) electrons. The van der Waals surface area contributed by atoms with E-state index < -0.39 is 30.7 Å². The summed E-state index contributed by atoms with van der Waals surface area (Å²) in [6.45, 7) is -0.173. The number of fused-ring (bicyclic) bond motifs is 1. The Balaban J connectivity index is 1.20. The molecule has 5 rings (SSSR count). The monoisotopic (exact) mass is 567 g/mol. The number of amides is 3. The topological polar surface area (TPSA) is 124 Å². The molecule has 3 amide bonds. The predicted molar refractivity (Wildman–Crippen MR) is 148 cm³/mol. The number of pyridine rings is 1.